The fourth-order valence-corrected chi connectivity index (χ4v) is 6.48. The van der Waals surface area contributed by atoms with Crippen LogP contribution in [-0.2, 0) is 9.47 Å². The van der Waals surface area contributed by atoms with Crippen LogP contribution in [0.5, 0.6) is 0 Å². The van der Waals surface area contributed by atoms with Gasteiger partial charge >= 0.3 is 6.09 Å². The number of aromatic amines is 1. The minimum Gasteiger partial charge on any atom is -0.444 e. The highest BCUT2D eigenvalue weighted by atomic mass is 35.5. The number of amides is 1. The molecule has 2 fully saturated rings. The first-order valence-electron chi connectivity index (χ1n) is 13.3. The molecule has 3 aliphatic heterocycles. The number of nitrogens with zero attached hydrogens (tertiary/aromatic N) is 2. The highest BCUT2D eigenvalue weighted by molar-refractivity contribution is 8.14. The summed E-state index contributed by atoms with van der Waals surface area (Å²) in [6, 6.07) is 7.03. The van der Waals surface area contributed by atoms with Crippen LogP contribution in [0.2, 0.25) is 5.02 Å². The van der Waals surface area contributed by atoms with Gasteiger partial charge in [0.1, 0.15) is 10.6 Å². The number of hydrogen-bond acceptors (Lipinski definition) is 7. The highest BCUT2D eigenvalue weighted by Crippen LogP contribution is 2.33. The van der Waals surface area contributed by atoms with E-state index in [1.165, 1.54) is 0 Å². The molecule has 202 valence electrons. The molecule has 3 aliphatic rings. The number of aromatic nitrogens is 1. The monoisotopic (exact) mass is 547 g/mol. The Kier molecular flexibility index (Phi) is 8.24. The smallest absolute Gasteiger partial charge is 0.407 e. The van der Waals surface area contributed by atoms with E-state index >= 15 is 0 Å². The van der Waals surface area contributed by atoms with Crippen LogP contribution in [0.4, 0.5) is 10.5 Å². The Morgan fingerprint density at radius 1 is 1.24 bits per heavy atom. The summed E-state index contributed by atoms with van der Waals surface area (Å²) in [5, 5.41) is 9.59. The van der Waals surface area contributed by atoms with Gasteiger partial charge in [-0.1, -0.05) is 11.6 Å². The molecule has 4 heterocycles. The summed E-state index contributed by atoms with van der Waals surface area (Å²) in [4.78, 5) is 23.2. The number of carbonyl (C=O) groups is 1. The van der Waals surface area contributed by atoms with Crippen molar-refractivity contribution in [3.05, 3.63) is 28.9 Å². The van der Waals surface area contributed by atoms with Crippen LogP contribution in [0, 0.1) is 0 Å². The maximum atomic E-state index is 12.1. The van der Waals surface area contributed by atoms with Crippen LogP contribution in [0.1, 0.15) is 52.1 Å². The van der Waals surface area contributed by atoms with E-state index in [2.05, 4.69) is 26.6 Å². The number of ether oxygens (including phenoxy) is 2. The fraction of sp³-hybridized carbons (Fsp3) is 0.630. The Balaban J connectivity index is 1.16. The number of halogens is 1. The lowest BCUT2D eigenvalue weighted by Gasteiger charge is -2.24. The van der Waals surface area contributed by atoms with Crippen LogP contribution in [0.25, 0.3) is 10.9 Å². The van der Waals surface area contributed by atoms with Gasteiger partial charge in [0.25, 0.3) is 0 Å². The topological polar surface area (TPSA) is 91.0 Å². The van der Waals surface area contributed by atoms with Gasteiger partial charge in [-0.25, -0.2) is 4.79 Å². The number of nitrogens with one attached hydrogen (secondary N) is 3. The number of thioether (sulfide) groups is 1. The molecule has 0 spiro atoms. The van der Waals surface area contributed by atoms with Crippen molar-refractivity contribution in [1.29, 1.82) is 0 Å². The van der Waals surface area contributed by atoms with E-state index in [1.54, 1.807) is 0 Å². The zero-order chi connectivity index (χ0) is 26.0. The number of hydrogen-bond donors (Lipinski definition) is 3. The summed E-state index contributed by atoms with van der Waals surface area (Å²) in [6.07, 6.45) is 3.64. The molecule has 37 heavy (non-hydrogen) atoms. The van der Waals surface area contributed by atoms with Crippen LogP contribution in [0.3, 0.4) is 0 Å². The van der Waals surface area contributed by atoms with Gasteiger partial charge < -0.3 is 30.0 Å². The first kappa shape index (κ1) is 26.7. The van der Waals surface area contributed by atoms with Gasteiger partial charge in [0.15, 0.2) is 0 Å². The van der Waals surface area contributed by atoms with Gasteiger partial charge in [-0.05, 0) is 64.7 Å². The molecule has 1 aromatic heterocycles. The molecule has 2 atom stereocenters. The minimum absolute atomic E-state index is 0.147. The second-order valence-electron chi connectivity index (χ2n) is 11.3. The predicted octanol–water partition coefficient (Wildman–Crippen LogP) is 5.26. The number of aliphatic imine (C=N–C) groups is 1. The second-order valence-corrected chi connectivity index (χ2v) is 12.7. The number of anilines is 1. The van der Waals surface area contributed by atoms with Gasteiger partial charge in [-0.3, -0.25) is 4.99 Å². The molecule has 1 amide bonds. The molecule has 0 saturated carbocycles. The molecule has 10 heteroatoms. The van der Waals surface area contributed by atoms with E-state index < -0.39 is 5.60 Å². The molecule has 2 saturated heterocycles. The average molecular weight is 548 g/mol. The summed E-state index contributed by atoms with van der Waals surface area (Å²) in [6.45, 7) is 10.1. The van der Waals surface area contributed by atoms with Crippen molar-refractivity contribution in [3.8, 4) is 0 Å². The van der Waals surface area contributed by atoms with Crippen molar-refractivity contribution >= 4 is 51.1 Å². The maximum Gasteiger partial charge on any atom is 0.407 e. The summed E-state index contributed by atoms with van der Waals surface area (Å²) < 4.78 is 10.9. The lowest BCUT2D eigenvalue weighted by atomic mass is 10.1. The van der Waals surface area contributed by atoms with Crippen molar-refractivity contribution in [1.82, 2.24) is 15.2 Å². The van der Waals surface area contributed by atoms with Gasteiger partial charge in [0.05, 0.1) is 22.9 Å². The Hall–Kier alpha value is -1.94. The van der Waals surface area contributed by atoms with Crippen molar-refractivity contribution < 1.29 is 14.3 Å². The second kappa shape index (κ2) is 11.4. The Labute approximate surface area is 228 Å². The van der Waals surface area contributed by atoms with E-state index in [-0.39, 0.29) is 12.1 Å². The third-order valence-electron chi connectivity index (χ3n) is 6.99. The van der Waals surface area contributed by atoms with Crippen molar-refractivity contribution in [2.75, 3.05) is 43.9 Å². The Morgan fingerprint density at radius 3 is 2.84 bits per heavy atom. The third kappa shape index (κ3) is 7.13. The van der Waals surface area contributed by atoms with Crippen molar-refractivity contribution in [3.63, 3.8) is 0 Å². The van der Waals surface area contributed by atoms with E-state index in [0.29, 0.717) is 12.1 Å². The van der Waals surface area contributed by atoms with Crippen LogP contribution in [0.15, 0.2) is 23.2 Å². The normalized spacial score (nSPS) is 23.4. The Bertz CT molecular complexity index is 1140. The molecule has 0 aliphatic carbocycles. The standard InChI is InChI=1S/C27H38ClN5O3S/c1-27(2,3)36-26(34)31-20-4-8-33(15-20)9-5-21-16-37-25(30-21)23-13-17-12-18(28)14-22(24(17)32-23)29-19-6-10-35-11-7-19/h12-14,19-21,29,32H,4-11,15-16H2,1-3H3,(H,31,34). The van der Waals surface area contributed by atoms with E-state index in [0.717, 1.165) is 96.6 Å². The Morgan fingerprint density at radius 2 is 2.05 bits per heavy atom. The molecule has 2 aromatic rings. The van der Waals surface area contributed by atoms with Gasteiger partial charge in [-0.2, -0.15) is 0 Å². The number of H-pyrrole nitrogens is 1. The number of likely N-dealkylation sites (tertiary alicyclic amines) is 1. The molecule has 0 bridgehead atoms. The summed E-state index contributed by atoms with van der Waals surface area (Å²) in [7, 11) is 0. The quantitative estimate of drug-likeness (QED) is 0.438. The van der Waals surface area contributed by atoms with E-state index in [4.69, 9.17) is 26.1 Å². The average Bonchev–Trinajstić information content (AvgIpc) is 3.56. The number of carbonyl (C=O) groups excluding carboxylic acids is 1. The molecule has 3 N–H and O–H groups in total. The summed E-state index contributed by atoms with van der Waals surface area (Å²) >= 11 is 8.27. The van der Waals surface area contributed by atoms with Crippen molar-refractivity contribution in [2.24, 2.45) is 4.99 Å². The molecule has 0 radical (unpaired) electrons. The third-order valence-corrected chi connectivity index (χ3v) is 8.36. The SMILES string of the molecule is CC(C)(C)OC(=O)NC1CCN(CCC2CSC(c3cc4cc(Cl)cc(NC5CCOCC5)c4[nH]3)=N2)C1. The van der Waals surface area contributed by atoms with Crippen LogP contribution < -0.4 is 10.6 Å². The van der Waals surface area contributed by atoms with E-state index in [1.807, 2.05) is 44.7 Å². The number of rotatable bonds is 7. The zero-order valence-corrected chi connectivity index (χ0v) is 23.5. The molecular formula is C27H38ClN5O3S. The molecule has 2 unspecified atom stereocenters. The number of benzene rings is 1. The fourth-order valence-electron chi connectivity index (χ4n) is 5.17. The van der Waals surface area contributed by atoms with Crippen molar-refractivity contribution in [2.45, 2.75) is 70.2 Å². The van der Waals surface area contributed by atoms with Crippen LogP contribution in [-0.4, -0.2) is 83.3 Å². The molecule has 5 rings (SSSR count). The molecular weight excluding hydrogens is 510 g/mol. The van der Waals surface area contributed by atoms with E-state index in [9.17, 15) is 4.79 Å². The predicted molar refractivity (Wildman–Crippen MR) is 152 cm³/mol. The van der Waals surface area contributed by atoms with Gasteiger partial charge in [0, 0.05) is 61.1 Å². The van der Waals surface area contributed by atoms with Gasteiger partial charge in [0.2, 0.25) is 0 Å². The summed E-state index contributed by atoms with van der Waals surface area (Å²) in [5.41, 5.74) is 2.71. The highest BCUT2D eigenvalue weighted by Gasteiger charge is 2.28. The lowest BCUT2D eigenvalue weighted by molar-refractivity contribution is 0.0506. The van der Waals surface area contributed by atoms with Gasteiger partial charge in [-0.15, -0.1) is 11.8 Å². The number of fused-ring (bicyclic) bond motifs is 1. The molecule has 1 aromatic carbocycles. The largest absolute Gasteiger partial charge is 0.444 e. The minimum atomic E-state index is -0.474. The summed E-state index contributed by atoms with van der Waals surface area (Å²) in [5.74, 6) is 0.992. The zero-order valence-electron chi connectivity index (χ0n) is 21.9. The first-order valence-corrected chi connectivity index (χ1v) is 14.7. The van der Waals surface area contributed by atoms with Crippen LogP contribution >= 0.6 is 23.4 Å². The first-order chi connectivity index (χ1) is 17.7. The molecule has 8 nitrogen and oxygen atoms in total. The maximum absolute atomic E-state index is 12.1. The number of alkyl carbamates (subject to hydrolysis) is 1. The lowest BCUT2D eigenvalue weighted by Crippen LogP contribution is -2.40.